The Hall–Kier alpha value is -1.39. The molecular formula is C18H29N3O. The molecule has 0 aromatic heterocycles. The first-order chi connectivity index (χ1) is 10.5. The van der Waals surface area contributed by atoms with Crippen molar-refractivity contribution >= 4 is 5.91 Å². The molecule has 0 unspecified atom stereocenters. The molecule has 2 rings (SSSR count). The largest absolute Gasteiger partial charge is 0.353 e. The molecule has 4 heteroatoms. The lowest BCUT2D eigenvalue weighted by atomic mass is 9.80. The number of carbonyl (C=O) groups is 1. The minimum absolute atomic E-state index is 0.0457. The molecule has 1 aromatic carbocycles. The highest BCUT2D eigenvalue weighted by Gasteiger charge is 2.34. The van der Waals surface area contributed by atoms with Crippen LogP contribution in [0.3, 0.4) is 0 Å². The average Bonchev–Trinajstić information content (AvgIpc) is 2.54. The van der Waals surface area contributed by atoms with Crippen molar-refractivity contribution in [1.29, 1.82) is 0 Å². The Morgan fingerprint density at radius 1 is 1.23 bits per heavy atom. The summed E-state index contributed by atoms with van der Waals surface area (Å²) >= 11 is 0. The molecule has 0 bridgehead atoms. The van der Waals surface area contributed by atoms with Gasteiger partial charge in [0.25, 0.3) is 0 Å². The molecule has 0 heterocycles. The third-order valence-electron chi connectivity index (χ3n) is 4.96. The molecule has 22 heavy (non-hydrogen) atoms. The summed E-state index contributed by atoms with van der Waals surface area (Å²) < 4.78 is 0. The number of benzene rings is 1. The Kier molecular flexibility index (Phi) is 5.98. The van der Waals surface area contributed by atoms with E-state index in [1.54, 1.807) is 0 Å². The van der Waals surface area contributed by atoms with Crippen molar-refractivity contribution in [1.82, 2.24) is 10.2 Å². The van der Waals surface area contributed by atoms with Crippen LogP contribution in [-0.4, -0.2) is 43.0 Å². The zero-order valence-corrected chi connectivity index (χ0v) is 13.8. The third kappa shape index (κ3) is 4.31. The number of hydrogen-bond acceptors (Lipinski definition) is 3. The zero-order chi connectivity index (χ0) is 16.0. The molecule has 1 aromatic rings. The van der Waals surface area contributed by atoms with Crippen LogP contribution in [-0.2, 0) is 11.2 Å². The van der Waals surface area contributed by atoms with Crippen LogP contribution in [0, 0.1) is 0 Å². The smallest absolute Gasteiger partial charge is 0.237 e. The van der Waals surface area contributed by atoms with Crippen LogP contribution in [0.25, 0.3) is 0 Å². The van der Waals surface area contributed by atoms with E-state index in [1.165, 1.54) is 19.3 Å². The monoisotopic (exact) mass is 303 g/mol. The predicted molar refractivity (Wildman–Crippen MR) is 90.6 cm³/mol. The summed E-state index contributed by atoms with van der Waals surface area (Å²) in [7, 11) is 4.22. The van der Waals surface area contributed by atoms with Gasteiger partial charge in [0.05, 0.1) is 6.04 Å². The SMILES string of the molecule is CN(C)C1(CNC(=O)[C@@H](N)Cc2ccccc2)CCCCC1. The van der Waals surface area contributed by atoms with Crippen molar-refractivity contribution in [3.8, 4) is 0 Å². The Morgan fingerprint density at radius 2 is 1.86 bits per heavy atom. The summed E-state index contributed by atoms with van der Waals surface area (Å²) in [6.45, 7) is 0.696. The fourth-order valence-electron chi connectivity index (χ4n) is 3.34. The number of likely N-dealkylation sites (N-methyl/N-ethyl adjacent to an activating group) is 1. The van der Waals surface area contributed by atoms with Gasteiger partial charge in [-0.25, -0.2) is 0 Å². The van der Waals surface area contributed by atoms with Gasteiger partial charge in [0, 0.05) is 12.1 Å². The zero-order valence-electron chi connectivity index (χ0n) is 13.8. The predicted octanol–water partition coefficient (Wildman–Crippen LogP) is 1.94. The average molecular weight is 303 g/mol. The molecule has 1 aliphatic carbocycles. The summed E-state index contributed by atoms with van der Waals surface area (Å²) in [5.74, 6) is -0.0457. The van der Waals surface area contributed by atoms with E-state index in [0.29, 0.717) is 13.0 Å². The van der Waals surface area contributed by atoms with Crippen LogP contribution in [0.5, 0.6) is 0 Å². The highest BCUT2D eigenvalue weighted by molar-refractivity contribution is 5.81. The summed E-state index contributed by atoms with van der Waals surface area (Å²) in [6, 6.07) is 9.46. The summed E-state index contributed by atoms with van der Waals surface area (Å²) in [5, 5.41) is 3.09. The Morgan fingerprint density at radius 3 is 2.45 bits per heavy atom. The molecule has 1 saturated carbocycles. The highest BCUT2D eigenvalue weighted by atomic mass is 16.2. The molecule has 0 saturated heterocycles. The number of nitrogens with one attached hydrogen (secondary N) is 1. The van der Waals surface area contributed by atoms with Gasteiger partial charge < -0.3 is 16.0 Å². The second-order valence-corrected chi connectivity index (χ2v) is 6.69. The maximum atomic E-state index is 12.3. The minimum Gasteiger partial charge on any atom is -0.353 e. The van der Waals surface area contributed by atoms with Gasteiger partial charge in [0.2, 0.25) is 5.91 Å². The summed E-state index contributed by atoms with van der Waals surface area (Å²) in [5.41, 5.74) is 7.26. The molecule has 1 aliphatic rings. The van der Waals surface area contributed by atoms with Crippen LogP contribution in [0.1, 0.15) is 37.7 Å². The lowest BCUT2D eigenvalue weighted by Crippen LogP contribution is -2.56. The van der Waals surface area contributed by atoms with E-state index in [-0.39, 0.29) is 11.4 Å². The van der Waals surface area contributed by atoms with Crippen molar-refractivity contribution in [2.75, 3.05) is 20.6 Å². The molecule has 1 fully saturated rings. The van der Waals surface area contributed by atoms with Crippen LogP contribution < -0.4 is 11.1 Å². The maximum absolute atomic E-state index is 12.3. The maximum Gasteiger partial charge on any atom is 0.237 e. The summed E-state index contributed by atoms with van der Waals surface area (Å²) in [6.07, 6.45) is 6.66. The number of rotatable bonds is 6. The first-order valence-corrected chi connectivity index (χ1v) is 8.28. The molecule has 122 valence electrons. The number of nitrogens with two attached hydrogens (primary N) is 1. The quantitative estimate of drug-likeness (QED) is 0.844. The van der Waals surface area contributed by atoms with E-state index < -0.39 is 6.04 Å². The van der Waals surface area contributed by atoms with Crippen LogP contribution in [0.15, 0.2) is 30.3 Å². The van der Waals surface area contributed by atoms with Crippen molar-refractivity contribution in [3.05, 3.63) is 35.9 Å². The van der Waals surface area contributed by atoms with E-state index in [2.05, 4.69) is 24.3 Å². The van der Waals surface area contributed by atoms with Gasteiger partial charge in [-0.1, -0.05) is 49.6 Å². The molecule has 0 aliphatic heterocycles. The van der Waals surface area contributed by atoms with Crippen LogP contribution in [0.4, 0.5) is 0 Å². The van der Waals surface area contributed by atoms with E-state index >= 15 is 0 Å². The second kappa shape index (κ2) is 7.75. The molecule has 4 nitrogen and oxygen atoms in total. The van der Waals surface area contributed by atoms with Crippen molar-refractivity contribution in [3.63, 3.8) is 0 Å². The normalized spacial score (nSPS) is 18.9. The Labute approximate surface area is 134 Å². The van der Waals surface area contributed by atoms with E-state index in [0.717, 1.165) is 18.4 Å². The van der Waals surface area contributed by atoms with E-state index in [9.17, 15) is 4.79 Å². The molecule has 1 atom stereocenters. The minimum atomic E-state index is -0.481. The van der Waals surface area contributed by atoms with E-state index in [4.69, 9.17) is 5.73 Å². The standard InChI is InChI=1S/C18H29N3O/c1-21(2)18(11-7-4-8-12-18)14-20-17(22)16(19)13-15-9-5-3-6-10-15/h3,5-6,9-10,16H,4,7-8,11-14,19H2,1-2H3,(H,20,22)/t16-/m0/s1. The van der Waals surface area contributed by atoms with Gasteiger partial charge in [-0.15, -0.1) is 0 Å². The molecule has 0 radical (unpaired) electrons. The number of carbonyl (C=O) groups excluding carboxylic acids is 1. The van der Waals surface area contributed by atoms with Gasteiger partial charge in [0.15, 0.2) is 0 Å². The van der Waals surface area contributed by atoms with Crippen molar-refractivity contribution < 1.29 is 4.79 Å². The van der Waals surface area contributed by atoms with E-state index in [1.807, 2.05) is 30.3 Å². The first-order valence-electron chi connectivity index (χ1n) is 8.28. The van der Waals surface area contributed by atoms with Crippen molar-refractivity contribution in [2.24, 2.45) is 5.73 Å². The van der Waals surface area contributed by atoms with Crippen LogP contribution in [0.2, 0.25) is 0 Å². The number of nitrogens with zero attached hydrogens (tertiary/aromatic N) is 1. The fourth-order valence-corrected chi connectivity index (χ4v) is 3.34. The topological polar surface area (TPSA) is 58.4 Å². The second-order valence-electron chi connectivity index (χ2n) is 6.69. The lowest BCUT2D eigenvalue weighted by Gasteiger charge is -2.43. The Bertz CT molecular complexity index is 466. The van der Waals surface area contributed by atoms with Gasteiger partial charge in [0.1, 0.15) is 0 Å². The molecular weight excluding hydrogens is 274 g/mol. The molecule has 0 spiro atoms. The van der Waals surface area contributed by atoms with Crippen molar-refractivity contribution in [2.45, 2.75) is 50.1 Å². The van der Waals surface area contributed by atoms with Gasteiger partial charge >= 0.3 is 0 Å². The third-order valence-corrected chi connectivity index (χ3v) is 4.96. The van der Waals surface area contributed by atoms with Gasteiger partial charge in [-0.3, -0.25) is 4.79 Å². The summed E-state index contributed by atoms with van der Waals surface area (Å²) in [4.78, 5) is 14.6. The molecule has 1 amide bonds. The van der Waals surface area contributed by atoms with Gasteiger partial charge in [-0.05, 0) is 38.9 Å². The molecule has 3 N–H and O–H groups in total. The first kappa shape index (κ1) is 17.0. The number of hydrogen-bond donors (Lipinski definition) is 2. The van der Waals surface area contributed by atoms with Crippen LogP contribution >= 0.6 is 0 Å². The fraction of sp³-hybridized carbons (Fsp3) is 0.611. The van der Waals surface area contributed by atoms with Gasteiger partial charge in [-0.2, -0.15) is 0 Å². The lowest BCUT2D eigenvalue weighted by molar-refractivity contribution is -0.123. The Balaban J connectivity index is 1.88. The highest BCUT2D eigenvalue weighted by Crippen LogP contribution is 2.31. The number of amides is 1.